The summed E-state index contributed by atoms with van der Waals surface area (Å²) >= 11 is 0. The Balaban J connectivity index is 2.08. The molecule has 1 fully saturated rings. The van der Waals surface area contributed by atoms with Crippen molar-refractivity contribution in [1.29, 1.82) is 0 Å². The maximum atomic E-state index is 11.2. The van der Waals surface area contributed by atoms with Crippen molar-refractivity contribution < 1.29 is 9.59 Å². The molecule has 1 atom stereocenters. The van der Waals surface area contributed by atoms with Crippen LogP contribution in [-0.4, -0.2) is 17.7 Å². The summed E-state index contributed by atoms with van der Waals surface area (Å²) < 4.78 is 0. The lowest BCUT2D eigenvalue weighted by molar-refractivity contribution is -0.136. The van der Waals surface area contributed by atoms with Crippen LogP contribution in [0.2, 0.25) is 0 Å². The standard InChI is InChI=1S/C9H15NO2/c1-2-3-4-5-8(11)7-6-9(12)10-7/h7H,2-6H2,1H3,(H,10,12). The second-order valence-corrected chi connectivity index (χ2v) is 3.25. The molecule has 0 radical (unpaired) electrons. The third-order valence-corrected chi connectivity index (χ3v) is 2.14. The summed E-state index contributed by atoms with van der Waals surface area (Å²) in [5.74, 6) is 0.201. The summed E-state index contributed by atoms with van der Waals surface area (Å²) in [4.78, 5) is 21.7. The van der Waals surface area contributed by atoms with Crippen molar-refractivity contribution in [3.63, 3.8) is 0 Å². The van der Waals surface area contributed by atoms with Gasteiger partial charge in [0.25, 0.3) is 0 Å². The van der Waals surface area contributed by atoms with Gasteiger partial charge in [0, 0.05) is 6.42 Å². The lowest BCUT2D eigenvalue weighted by Crippen LogP contribution is -2.53. The summed E-state index contributed by atoms with van der Waals surface area (Å²) in [6.07, 6.45) is 4.22. The fraction of sp³-hybridized carbons (Fsp3) is 0.778. The quantitative estimate of drug-likeness (QED) is 0.493. The molecule has 1 amide bonds. The fourth-order valence-corrected chi connectivity index (χ4v) is 1.28. The number of Topliss-reactive ketones (excluding diaryl/α,β-unsaturated/α-hetero) is 1. The van der Waals surface area contributed by atoms with E-state index in [1.54, 1.807) is 0 Å². The van der Waals surface area contributed by atoms with Crippen LogP contribution in [0.5, 0.6) is 0 Å². The van der Waals surface area contributed by atoms with Crippen molar-refractivity contribution >= 4 is 11.7 Å². The van der Waals surface area contributed by atoms with E-state index in [9.17, 15) is 9.59 Å². The van der Waals surface area contributed by atoms with E-state index in [1.807, 2.05) is 0 Å². The Bertz CT molecular complexity index is 181. The highest BCUT2D eigenvalue weighted by Gasteiger charge is 2.30. The Hall–Kier alpha value is -0.860. The highest BCUT2D eigenvalue weighted by Crippen LogP contribution is 2.10. The number of carbonyl (C=O) groups is 2. The minimum Gasteiger partial charge on any atom is -0.346 e. The molecular weight excluding hydrogens is 154 g/mol. The van der Waals surface area contributed by atoms with Gasteiger partial charge < -0.3 is 5.32 Å². The molecule has 1 rings (SSSR count). The van der Waals surface area contributed by atoms with Gasteiger partial charge in [-0.2, -0.15) is 0 Å². The van der Waals surface area contributed by atoms with E-state index >= 15 is 0 Å². The maximum absolute atomic E-state index is 11.2. The van der Waals surface area contributed by atoms with Gasteiger partial charge in [-0.25, -0.2) is 0 Å². The van der Waals surface area contributed by atoms with E-state index in [-0.39, 0.29) is 17.7 Å². The van der Waals surface area contributed by atoms with Gasteiger partial charge in [0.2, 0.25) is 5.91 Å². The largest absolute Gasteiger partial charge is 0.346 e. The van der Waals surface area contributed by atoms with E-state index in [2.05, 4.69) is 12.2 Å². The van der Waals surface area contributed by atoms with Crippen molar-refractivity contribution in [2.24, 2.45) is 0 Å². The monoisotopic (exact) mass is 169 g/mol. The zero-order chi connectivity index (χ0) is 8.97. The number of ketones is 1. The molecule has 0 aromatic carbocycles. The summed E-state index contributed by atoms with van der Waals surface area (Å²) in [6, 6.07) is -0.158. The molecule has 1 heterocycles. The van der Waals surface area contributed by atoms with Crippen molar-refractivity contribution in [3.05, 3.63) is 0 Å². The minimum atomic E-state index is -0.158. The van der Waals surface area contributed by atoms with Gasteiger partial charge in [-0.3, -0.25) is 9.59 Å². The minimum absolute atomic E-state index is 0.00356. The first kappa shape index (κ1) is 9.23. The van der Waals surface area contributed by atoms with E-state index in [0.717, 1.165) is 19.3 Å². The molecule has 3 heteroatoms. The van der Waals surface area contributed by atoms with E-state index in [0.29, 0.717) is 12.8 Å². The van der Waals surface area contributed by atoms with Crippen LogP contribution in [0.25, 0.3) is 0 Å². The highest BCUT2D eigenvalue weighted by atomic mass is 16.2. The number of amides is 1. The van der Waals surface area contributed by atoms with Gasteiger partial charge in [-0.15, -0.1) is 0 Å². The number of rotatable bonds is 5. The molecule has 0 aliphatic carbocycles. The molecule has 68 valence electrons. The Morgan fingerprint density at radius 1 is 1.58 bits per heavy atom. The van der Waals surface area contributed by atoms with Gasteiger partial charge in [0.05, 0.1) is 12.5 Å². The van der Waals surface area contributed by atoms with E-state index in [1.165, 1.54) is 0 Å². The van der Waals surface area contributed by atoms with E-state index in [4.69, 9.17) is 0 Å². The lowest BCUT2D eigenvalue weighted by Gasteiger charge is -2.25. The molecule has 0 spiro atoms. The zero-order valence-corrected chi connectivity index (χ0v) is 7.43. The third-order valence-electron chi connectivity index (χ3n) is 2.14. The maximum Gasteiger partial charge on any atom is 0.223 e. The highest BCUT2D eigenvalue weighted by molar-refractivity contribution is 5.98. The molecule has 1 unspecified atom stereocenters. The lowest BCUT2D eigenvalue weighted by atomic mass is 9.97. The van der Waals surface area contributed by atoms with E-state index < -0.39 is 0 Å². The van der Waals surface area contributed by atoms with Crippen LogP contribution in [0, 0.1) is 0 Å². The van der Waals surface area contributed by atoms with Crippen LogP contribution in [0.15, 0.2) is 0 Å². The first-order valence-electron chi connectivity index (χ1n) is 4.56. The van der Waals surface area contributed by atoms with Gasteiger partial charge in [-0.05, 0) is 6.42 Å². The number of nitrogens with one attached hydrogen (secondary N) is 1. The van der Waals surface area contributed by atoms with Gasteiger partial charge >= 0.3 is 0 Å². The Kier molecular flexibility index (Phi) is 3.26. The number of hydrogen-bond donors (Lipinski definition) is 1. The second-order valence-electron chi connectivity index (χ2n) is 3.25. The summed E-state index contributed by atoms with van der Waals surface area (Å²) in [5, 5.41) is 2.58. The van der Waals surface area contributed by atoms with Crippen molar-refractivity contribution in [2.75, 3.05) is 0 Å². The molecule has 1 aliphatic heterocycles. The Morgan fingerprint density at radius 3 is 2.75 bits per heavy atom. The first-order chi connectivity index (χ1) is 5.74. The molecule has 1 saturated heterocycles. The zero-order valence-electron chi connectivity index (χ0n) is 7.43. The van der Waals surface area contributed by atoms with Crippen molar-refractivity contribution in [1.82, 2.24) is 5.32 Å². The number of β-lactam (4-membered cyclic amide) rings is 1. The van der Waals surface area contributed by atoms with Gasteiger partial charge in [-0.1, -0.05) is 19.8 Å². The molecule has 3 nitrogen and oxygen atoms in total. The smallest absolute Gasteiger partial charge is 0.223 e. The topological polar surface area (TPSA) is 46.2 Å². The van der Waals surface area contributed by atoms with Crippen LogP contribution in [0.3, 0.4) is 0 Å². The van der Waals surface area contributed by atoms with Crippen LogP contribution in [0.1, 0.15) is 39.0 Å². The summed E-state index contributed by atoms with van der Waals surface area (Å²) in [5.41, 5.74) is 0. The van der Waals surface area contributed by atoms with Gasteiger partial charge in [0.1, 0.15) is 0 Å². The molecule has 1 aliphatic rings. The predicted octanol–water partition coefficient (Wildman–Crippen LogP) is 1.02. The predicted molar refractivity (Wildman–Crippen MR) is 45.7 cm³/mol. The van der Waals surface area contributed by atoms with Crippen LogP contribution in [-0.2, 0) is 9.59 Å². The van der Waals surface area contributed by atoms with Gasteiger partial charge in [0.15, 0.2) is 5.78 Å². The fourth-order valence-electron chi connectivity index (χ4n) is 1.28. The number of unbranched alkanes of at least 4 members (excludes halogenated alkanes) is 2. The summed E-state index contributed by atoms with van der Waals surface area (Å²) in [6.45, 7) is 2.11. The van der Waals surface area contributed by atoms with Crippen molar-refractivity contribution in [3.8, 4) is 0 Å². The SMILES string of the molecule is CCCCCC(=O)C1CC(=O)N1. The number of carbonyl (C=O) groups excluding carboxylic acids is 2. The van der Waals surface area contributed by atoms with Crippen LogP contribution in [0.4, 0.5) is 0 Å². The summed E-state index contributed by atoms with van der Waals surface area (Å²) in [7, 11) is 0. The Labute approximate surface area is 72.5 Å². The molecule has 1 N–H and O–H groups in total. The molecule has 0 aromatic heterocycles. The van der Waals surface area contributed by atoms with Crippen LogP contribution >= 0.6 is 0 Å². The Morgan fingerprint density at radius 2 is 2.25 bits per heavy atom. The molecule has 0 saturated carbocycles. The third kappa shape index (κ3) is 2.32. The number of hydrogen-bond acceptors (Lipinski definition) is 2. The molecule has 12 heavy (non-hydrogen) atoms. The first-order valence-corrected chi connectivity index (χ1v) is 4.56. The molecular formula is C9H15NO2. The second kappa shape index (κ2) is 4.24. The normalized spacial score (nSPS) is 21.4. The molecule has 0 bridgehead atoms. The average molecular weight is 169 g/mol. The average Bonchev–Trinajstić information content (AvgIpc) is 1.99. The van der Waals surface area contributed by atoms with Crippen LogP contribution < -0.4 is 5.32 Å². The molecule has 0 aromatic rings. The van der Waals surface area contributed by atoms with Crippen molar-refractivity contribution in [2.45, 2.75) is 45.1 Å².